The van der Waals surface area contributed by atoms with E-state index in [2.05, 4.69) is 10.2 Å². The van der Waals surface area contributed by atoms with Crippen LogP contribution in [0.1, 0.15) is 53.5 Å². The minimum Gasteiger partial charge on any atom is -0.339 e. The Bertz CT molecular complexity index is 1690. The van der Waals surface area contributed by atoms with Crippen molar-refractivity contribution in [3.63, 3.8) is 0 Å². The Hall–Kier alpha value is -3.54. The van der Waals surface area contributed by atoms with E-state index in [9.17, 15) is 22.8 Å². The van der Waals surface area contributed by atoms with Crippen LogP contribution in [0.25, 0.3) is 5.69 Å². The zero-order chi connectivity index (χ0) is 32.8. The van der Waals surface area contributed by atoms with Crippen LogP contribution in [0.4, 0.5) is 13.2 Å². The number of hydrogen-bond donors (Lipinski definition) is 0. The Morgan fingerprint density at radius 3 is 2.43 bits per heavy atom. The second-order valence-electron chi connectivity index (χ2n) is 11.1. The van der Waals surface area contributed by atoms with Crippen LogP contribution in [0.2, 0.25) is 10.0 Å². The van der Waals surface area contributed by atoms with Gasteiger partial charge in [0.1, 0.15) is 5.82 Å². The molecular weight excluding hydrogens is 658 g/mol. The number of halogens is 5. The van der Waals surface area contributed by atoms with E-state index in [1.165, 1.54) is 17.8 Å². The smallest absolute Gasteiger partial charge is 0.339 e. The van der Waals surface area contributed by atoms with Crippen molar-refractivity contribution >= 4 is 46.8 Å². The molecule has 2 amide bonds. The summed E-state index contributed by atoms with van der Waals surface area (Å²) in [5.41, 5.74) is 1.02. The Morgan fingerprint density at radius 2 is 1.72 bits per heavy atom. The zero-order valence-electron chi connectivity index (χ0n) is 25.0. The van der Waals surface area contributed by atoms with Crippen molar-refractivity contribution in [1.82, 2.24) is 24.6 Å². The number of benzene rings is 3. The third-order valence-corrected chi connectivity index (χ3v) is 9.52. The predicted octanol–water partition coefficient (Wildman–Crippen LogP) is 7.82. The van der Waals surface area contributed by atoms with Gasteiger partial charge in [-0.05, 0) is 61.7 Å². The summed E-state index contributed by atoms with van der Waals surface area (Å²) in [5, 5.41) is 9.84. The molecule has 0 saturated carbocycles. The van der Waals surface area contributed by atoms with Gasteiger partial charge in [0, 0.05) is 49.8 Å². The number of unbranched alkanes of at least 4 members (excludes halogenated alkanes) is 1. The quantitative estimate of drug-likeness (QED) is 0.125. The molecule has 4 aromatic rings. The van der Waals surface area contributed by atoms with Crippen LogP contribution in [-0.2, 0) is 17.4 Å². The maximum Gasteiger partial charge on any atom is 0.416 e. The first-order valence-electron chi connectivity index (χ1n) is 14.8. The number of alkyl halides is 3. The monoisotopic (exact) mass is 689 g/mol. The number of carbonyl (C=O) groups excluding carboxylic acids is 2. The minimum absolute atomic E-state index is 0.0239. The summed E-state index contributed by atoms with van der Waals surface area (Å²) >= 11 is 13.5. The molecule has 13 heteroatoms. The summed E-state index contributed by atoms with van der Waals surface area (Å²) in [7, 11) is 0. The van der Waals surface area contributed by atoms with Gasteiger partial charge in [-0.3, -0.25) is 14.2 Å². The number of carbonyl (C=O) groups is 2. The molecule has 1 atom stereocenters. The van der Waals surface area contributed by atoms with Crippen molar-refractivity contribution in [1.29, 1.82) is 0 Å². The van der Waals surface area contributed by atoms with Crippen LogP contribution >= 0.6 is 35.0 Å². The van der Waals surface area contributed by atoms with Crippen LogP contribution in [0, 0.1) is 0 Å². The minimum atomic E-state index is -4.48. The van der Waals surface area contributed by atoms with Crippen molar-refractivity contribution in [3.8, 4) is 5.69 Å². The molecule has 1 aromatic heterocycles. The highest BCUT2D eigenvalue weighted by molar-refractivity contribution is 7.99. The van der Waals surface area contributed by atoms with E-state index < -0.39 is 11.7 Å². The zero-order valence-corrected chi connectivity index (χ0v) is 27.3. The summed E-state index contributed by atoms with van der Waals surface area (Å²) in [6.45, 7) is 3.21. The Morgan fingerprint density at radius 1 is 0.935 bits per heavy atom. The fraction of sp³-hybridized carbons (Fsp3) is 0.333. The molecule has 242 valence electrons. The number of aromatic nitrogens is 3. The lowest BCUT2D eigenvalue weighted by molar-refractivity contribution is -0.137. The van der Waals surface area contributed by atoms with Gasteiger partial charge < -0.3 is 9.80 Å². The molecule has 7 nitrogen and oxygen atoms in total. The first-order chi connectivity index (χ1) is 22.0. The molecule has 0 N–H and O–H groups in total. The molecule has 0 radical (unpaired) electrons. The molecule has 1 unspecified atom stereocenters. The highest BCUT2D eigenvalue weighted by atomic mass is 35.5. The fourth-order valence-electron chi connectivity index (χ4n) is 5.35. The molecule has 0 spiro atoms. The number of nitrogens with zero attached hydrogens (tertiary/aromatic N) is 5. The average molecular weight is 691 g/mol. The number of rotatable bonds is 10. The van der Waals surface area contributed by atoms with Gasteiger partial charge >= 0.3 is 6.18 Å². The van der Waals surface area contributed by atoms with Crippen molar-refractivity contribution in [2.24, 2.45) is 0 Å². The molecule has 1 aliphatic heterocycles. The maximum absolute atomic E-state index is 13.5. The fourth-order valence-corrected chi connectivity index (χ4v) is 6.62. The molecule has 1 fully saturated rings. The SMILES string of the molecule is CC1CN(C(=O)CCCCSc2nnc(Cc3ccccc3)n2-c2cccc(C(F)(F)F)c2)CCN1C(=O)c1ccc(Cl)c(Cl)c1. The third kappa shape index (κ3) is 8.24. The van der Waals surface area contributed by atoms with Gasteiger partial charge in [0.25, 0.3) is 5.91 Å². The lowest BCUT2D eigenvalue weighted by atomic mass is 10.1. The van der Waals surface area contributed by atoms with Gasteiger partial charge in [-0.1, -0.05) is 71.4 Å². The Labute approximate surface area is 279 Å². The van der Waals surface area contributed by atoms with E-state index in [-0.39, 0.29) is 17.9 Å². The second-order valence-corrected chi connectivity index (χ2v) is 12.9. The van der Waals surface area contributed by atoms with E-state index in [1.54, 1.807) is 38.6 Å². The van der Waals surface area contributed by atoms with Gasteiger partial charge in [0.05, 0.1) is 21.3 Å². The third-order valence-electron chi connectivity index (χ3n) is 7.76. The number of amides is 2. The van der Waals surface area contributed by atoms with Crippen LogP contribution < -0.4 is 0 Å². The van der Waals surface area contributed by atoms with E-state index >= 15 is 0 Å². The number of thioether (sulfide) groups is 1. The van der Waals surface area contributed by atoms with E-state index in [4.69, 9.17) is 23.2 Å². The van der Waals surface area contributed by atoms with E-state index in [0.717, 1.165) is 17.7 Å². The van der Waals surface area contributed by atoms with E-state index in [0.29, 0.717) is 83.3 Å². The largest absolute Gasteiger partial charge is 0.416 e. The van der Waals surface area contributed by atoms with Crippen molar-refractivity contribution in [2.45, 2.75) is 50.0 Å². The van der Waals surface area contributed by atoms with Crippen LogP contribution in [0.5, 0.6) is 0 Å². The van der Waals surface area contributed by atoms with Gasteiger partial charge in [-0.15, -0.1) is 10.2 Å². The van der Waals surface area contributed by atoms with Gasteiger partial charge in [0.15, 0.2) is 5.16 Å². The summed E-state index contributed by atoms with van der Waals surface area (Å²) < 4.78 is 42.2. The van der Waals surface area contributed by atoms with Crippen LogP contribution in [0.15, 0.2) is 78.0 Å². The normalized spacial score (nSPS) is 15.3. The number of hydrogen-bond acceptors (Lipinski definition) is 5. The van der Waals surface area contributed by atoms with Crippen LogP contribution in [0.3, 0.4) is 0 Å². The first-order valence-corrected chi connectivity index (χ1v) is 16.6. The molecule has 5 rings (SSSR count). The van der Waals surface area contributed by atoms with Gasteiger partial charge in [0.2, 0.25) is 5.91 Å². The maximum atomic E-state index is 13.5. The molecule has 1 saturated heterocycles. The van der Waals surface area contributed by atoms with Crippen molar-refractivity contribution in [3.05, 3.63) is 105 Å². The van der Waals surface area contributed by atoms with Crippen molar-refractivity contribution < 1.29 is 22.8 Å². The van der Waals surface area contributed by atoms with Gasteiger partial charge in [-0.25, -0.2) is 0 Å². The average Bonchev–Trinajstić information content (AvgIpc) is 3.43. The topological polar surface area (TPSA) is 71.3 Å². The summed E-state index contributed by atoms with van der Waals surface area (Å²) in [4.78, 5) is 29.6. The Balaban J connectivity index is 1.16. The van der Waals surface area contributed by atoms with E-state index in [1.807, 2.05) is 37.3 Å². The molecule has 0 aliphatic carbocycles. The summed E-state index contributed by atoms with van der Waals surface area (Å²) in [6, 6.07) is 19.3. The molecule has 3 aromatic carbocycles. The highest BCUT2D eigenvalue weighted by Crippen LogP contribution is 2.32. The van der Waals surface area contributed by atoms with Crippen LogP contribution in [-0.4, -0.2) is 67.8 Å². The van der Waals surface area contributed by atoms with Crippen molar-refractivity contribution in [2.75, 3.05) is 25.4 Å². The summed E-state index contributed by atoms with van der Waals surface area (Å²) in [6.07, 6.45) is -2.38. The first kappa shape index (κ1) is 33.8. The molecule has 46 heavy (non-hydrogen) atoms. The second kappa shape index (κ2) is 14.9. The lowest BCUT2D eigenvalue weighted by Gasteiger charge is -2.40. The molecular formula is C33H32Cl2F3N5O2S. The Kier molecular flexibility index (Phi) is 11.0. The molecule has 2 heterocycles. The predicted molar refractivity (Wildman–Crippen MR) is 174 cm³/mol. The summed E-state index contributed by atoms with van der Waals surface area (Å²) in [5.74, 6) is 1.02. The standard InChI is InChI=1S/C33H32Cl2F3N5O2S/c1-22-21-41(15-16-42(22)31(45)24-13-14-27(34)28(35)19-24)30(44)12-5-6-17-46-32-40-39-29(18-23-8-3-2-4-9-23)43(32)26-11-7-10-25(20-26)33(36,37)38/h2-4,7-11,13-14,19-20,22H,5-6,12,15-18,21H2,1H3. The lowest BCUT2D eigenvalue weighted by Crippen LogP contribution is -2.55. The van der Waals surface area contributed by atoms with Gasteiger partial charge in [-0.2, -0.15) is 13.2 Å². The molecule has 0 bridgehead atoms. The highest BCUT2D eigenvalue weighted by Gasteiger charge is 2.32. The number of piperazine rings is 1. The molecule has 1 aliphatic rings.